The molecular formula is C18H29ClN2O. The molecule has 0 aliphatic heterocycles. The third-order valence-corrected chi connectivity index (χ3v) is 5.19. The van der Waals surface area contributed by atoms with Gasteiger partial charge in [-0.25, -0.2) is 0 Å². The van der Waals surface area contributed by atoms with E-state index in [0.717, 1.165) is 18.5 Å². The molecule has 4 heteroatoms. The quantitative estimate of drug-likeness (QED) is 0.835. The van der Waals surface area contributed by atoms with Gasteiger partial charge in [0.05, 0.1) is 5.92 Å². The largest absolute Gasteiger partial charge is 0.355 e. The van der Waals surface area contributed by atoms with Crippen molar-refractivity contribution in [2.24, 2.45) is 17.1 Å². The Morgan fingerprint density at radius 2 is 1.86 bits per heavy atom. The Labute approximate surface area is 140 Å². The fraction of sp³-hybridized carbons (Fsp3) is 0.611. The van der Waals surface area contributed by atoms with Crippen LogP contribution in [0.3, 0.4) is 0 Å². The number of amides is 1. The molecule has 0 heterocycles. The van der Waals surface area contributed by atoms with Crippen LogP contribution in [0.1, 0.15) is 57.6 Å². The first-order valence-corrected chi connectivity index (χ1v) is 8.16. The van der Waals surface area contributed by atoms with Crippen LogP contribution in [-0.4, -0.2) is 12.5 Å². The molecule has 2 atom stereocenters. The number of benzene rings is 1. The predicted molar refractivity (Wildman–Crippen MR) is 94.0 cm³/mol. The number of rotatable bonds is 6. The van der Waals surface area contributed by atoms with Gasteiger partial charge >= 0.3 is 0 Å². The van der Waals surface area contributed by atoms with E-state index in [2.05, 4.69) is 12.2 Å². The second-order valence-corrected chi connectivity index (χ2v) is 6.50. The zero-order valence-electron chi connectivity index (χ0n) is 13.7. The van der Waals surface area contributed by atoms with Crippen LogP contribution in [0.4, 0.5) is 0 Å². The van der Waals surface area contributed by atoms with Crippen LogP contribution < -0.4 is 11.1 Å². The van der Waals surface area contributed by atoms with E-state index < -0.39 is 0 Å². The first-order chi connectivity index (χ1) is 10.1. The lowest BCUT2D eigenvalue weighted by atomic mass is 9.83. The third-order valence-electron chi connectivity index (χ3n) is 5.19. The van der Waals surface area contributed by atoms with Crippen molar-refractivity contribution in [2.45, 2.75) is 52.0 Å². The van der Waals surface area contributed by atoms with Gasteiger partial charge in [-0.1, -0.05) is 57.0 Å². The molecular weight excluding hydrogens is 296 g/mol. The van der Waals surface area contributed by atoms with E-state index in [1.54, 1.807) is 0 Å². The number of nitrogens with two attached hydrogens (primary N) is 1. The minimum atomic E-state index is -0.243. The summed E-state index contributed by atoms with van der Waals surface area (Å²) in [7, 11) is 0. The zero-order chi connectivity index (χ0) is 15.3. The number of nitrogens with one attached hydrogen (secondary N) is 1. The normalized spacial score (nSPS) is 19.0. The summed E-state index contributed by atoms with van der Waals surface area (Å²) in [6, 6.07) is 9.62. The van der Waals surface area contributed by atoms with Gasteiger partial charge < -0.3 is 11.1 Å². The van der Waals surface area contributed by atoms with Crippen LogP contribution in [0.15, 0.2) is 30.3 Å². The molecule has 124 valence electrons. The Morgan fingerprint density at radius 3 is 2.41 bits per heavy atom. The van der Waals surface area contributed by atoms with Crippen LogP contribution >= 0.6 is 12.4 Å². The van der Waals surface area contributed by atoms with Gasteiger partial charge in [-0.3, -0.25) is 4.79 Å². The number of carbonyl (C=O) groups excluding carboxylic acids is 1. The maximum absolute atomic E-state index is 12.4. The zero-order valence-corrected chi connectivity index (χ0v) is 14.5. The molecule has 1 saturated carbocycles. The smallest absolute Gasteiger partial charge is 0.224 e. The lowest BCUT2D eigenvalue weighted by molar-refractivity contribution is -0.125. The fourth-order valence-corrected chi connectivity index (χ4v) is 3.34. The summed E-state index contributed by atoms with van der Waals surface area (Å²) in [6.07, 6.45) is 6.21. The van der Waals surface area contributed by atoms with Crippen molar-refractivity contribution in [3.05, 3.63) is 35.9 Å². The monoisotopic (exact) mass is 324 g/mol. The Hall–Kier alpha value is -1.06. The maximum atomic E-state index is 12.4. The Balaban J connectivity index is 0.00000242. The lowest BCUT2D eigenvalue weighted by Gasteiger charge is -2.29. The number of hydrogen-bond donors (Lipinski definition) is 2. The molecule has 0 radical (unpaired) electrons. The summed E-state index contributed by atoms with van der Waals surface area (Å²) in [5.41, 5.74) is 7.57. The molecule has 1 amide bonds. The molecule has 1 aliphatic rings. The van der Waals surface area contributed by atoms with Gasteiger partial charge in [0, 0.05) is 12.6 Å². The molecule has 3 nitrogen and oxygen atoms in total. The summed E-state index contributed by atoms with van der Waals surface area (Å²) >= 11 is 0. The summed E-state index contributed by atoms with van der Waals surface area (Å²) in [6.45, 7) is 4.95. The van der Waals surface area contributed by atoms with Gasteiger partial charge in [0.25, 0.3) is 0 Å². The predicted octanol–water partition coefficient (Wildman–Crippen LogP) is 3.83. The summed E-state index contributed by atoms with van der Waals surface area (Å²) in [5, 5.41) is 3.15. The van der Waals surface area contributed by atoms with Gasteiger partial charge in [-0.15, -0.1) is 12.4 Å². The van der Waals surface area contributed by atoms with Crippen molar-refractivity contribution in [3.63, 3.8) is 0 Å². The Kier molecular flexibility index (Phi) is 7.37. The first-order valence-electron chi connectivity index (χ1n) is 8.16. The second-order valence-electron chi connectivity index (χ2n) is 6.50. The van der Waals surface area contributed by atoms with E-state index in [4.69, 9.17) is 5.73 Å². The second kappa shape index (κ2) is 8.54. The van der Waals surface area contributed by atoms with E-state index in [-0.39, 0.29) is 30.3 Å². The molecule has 1 aliphatic carbocycles. The minimum absolute atomic E-state index is 0. The van der Waals surface area contributed by atoms with E-state index >= 15 is 0 Å². The highest BCUT2D eigenvalue weighted by molar-refractivity contribution is 5.85. The molecule has 22 heavy (non-hydrogen) atoms. The van der Waals surface area contributed by atoms with Crippen LogP contribution in [-0.2, 0) is 4.79 Å². The average Bonchev–Trinajstić information content (AvgIpc) is 3.01. The van der Waals surface area contributed by atoms with Crippen molar-refractivity contribution >= 4 is 18.3 Å². The molecule has 0 aromatic heterocycles. The Bertz CT molecular complexity index is 457. The van der Waals surface area contributed by atoms with Crippen LogP contribution in [0.5, 0.6) is 0 Å². The maximum Gasteiger partial charge on any atom is 0.224 e. The van der Waals surface area contributed by atoms with E-state index in [9.17, 15) is 4.79 Å². The molecule has 0 spiro atoms. The molecule has 1 aromatic rings. The van der Waals surface area contributed by atoms with Gasteiger partial charge in [0.15, 0.2) is 0 Å². The van der Waals surface area contributed by atoms with Crippen LogP contribution in [0, 0.1) is 11.3 Å². The van der Waals surface area contributed by atoms with Crippen LogP contribution in [0.2, 0.25) is 0 Å². The third kappa shape index (κ3) is 4.47. The van der Waals surface area contributed by atoms with Crippen molar-refractivity contribution in [2.75, 3.05) is 6.54 Å². The highest BCUT2D eigenvalue weighted by Crippen LogP contribution is 2.40. The van der Waals surface area contributed by atoms with Crippen molar-refractivity contribution in [1.82, 2.24) is 5.32 Å². The summed E-state index contributed by atoms with van der Waals surface area (Å²) in [5.74, 6) is -0.131. The molecule has 2 rings (SSSR count). The average molecular weight is 325 g/mol. The molecule has 1 aromatic carbocycles. The summed E-state index contributed by atoms with van der Waals surface area (Å²) in [4.78, 5) is 12.4. The molecule has 1 fully saturated rings. The van der Waals surface area contributed by atoms with E-state index in [0.29, 0.717) is 5.41 Å². The topological polar surface area (TPSA) is 55.1 Å². The van der Waals surface area contributed by atoms with Gasteiger partial charge in [-0.2, -0.15) is 0 Å². The van der Waals surface area contributed by atoms with Crippen molar-refractivity contribution in [3.8, 4) is 0 Å². The molecule has 2 unspecified atom stereocenters. The van der Waals surface area contributed by atoms with Crippen molar-refractivity contribution < 1.29 is 4.79 Å². The van der Waals surface area contributed by atoms with Crippen molar-refractivity contribution in [1.29, 1.82) is 0 Å². The molecule has 0 saturated heterocycles. The van der Waals surface area contributed by atoms with E-state index in [1.165, 1.54) is 25.7 Å². The fourth-order valence-electron chi connectivity index (χ4n) is 3.34. The van der Waals surface area contributed by atoms with Crippen LogP contribution in [0.25, 0.3) is 0 Å². The SMILES string of the molecule is CCC1(CNC(=O)C(C)C(N)c2ccccc2)CCCC1.Cl. The molecule has 0 bridgehead atoms. The number of hydrogen-bond acceptors (Lipinski definition) is 2. The van der Waals surface area contributed by atoms with E-state index in [1.807, 2.05) is 37.3 Å². The van der Waals surface area contributed by atoms with Gasteiger partial charge in [0.1, 0.15) is 0 Å². The molecule has 3 N–H and O–H groups in total. The highest BCUT2D eigenvalue weighted by atomic mass is 35.5. The standard InChI is InChI=1S/C18H28N2O.ClH/c1-3-18(11-7-8-12-18)13-20-17(21)14(2)16(19)15-9-5-4-6-10-15;/h4-6,9-10,14,16H,3,7-8,11-13,19H2,1-2H3,(H,20,21);1H. The van der Waals surface area contributed by atoms with Gasteiger partial charge in [0.2, 0.25) is 5.91 Å². The Morgan fingerprint density at radius 1 is 1.27 bits per heavy atom. The highest BCUT2D eigenvalue weighted by Gasteiger charge is 2.33. The summed E-state index contributed by atoms with van der Waals surface area (Å²) < 4.78 is 0. The lowest BCUT2D eigenvalue weighted by Crippen LogP contribution is -2.41. The number of halogens is 1. The number of carbonyl (C=O) groups is 1. The van der Waals surface area contributed by atoms with Gasteiger partial charge in [-0.05, 0) is 30.2 Å². The first kappa shape index (κ1) is 19.0. The minimum Gasteiger partial charge on any atom is -0.355 e.